The van der Waals surface area contributed by atoms with Crippen LogP contribution in [0.1, 0.15) is 34.1 Å². The van der Waals surface area contributed by atoms with Gasteiger partial charge in [-0.25, -0.2) is 4.79 Å². The fraction of sp³-hybridized carbons (Fsp3) is 0.357. The number of imide groups is 1. The van der Waals surface area contributed by atoms with Crippen LogP contribution in [0.25, 0.3) is 0 Å². The van der Waals surface area contributed by atoms with Crippen LogP contribution in [-0.4, -0.2) is 47.5 Å². The Hall–Kier alpha value is -2.41. The van der Waals surface area contributed by atoms with Gasteiger partial charge in [-0.15, -0.1) is 0 Å². The summed E-state index contributed by atoms with van der Waals surface area (Å²) in [6.45, 7) is 1.70. The third kappa shape index (κ3) is 2.87. The molecule has 0 bridgehead atoms. The van der Waals surface area contributed by atoms with Crippen LogP contribution >= 0.6 is 0 Å². The lowest BCUT2D eigenvalue weighted by atomic mass is 10.1. The van der Waals surface area contributed by atoms with Crippen molar-refractivity contribution in [2.24, 2.45) is 0 Å². The Kier molecular flexibility index (Phi) is 4.23. The van der Waals surface area contributed by atoms with Crippen molar-refractivity contribution in [2.45, 2.75) is 19.4 Å². The minimum Gasteiger partial charge on any atom is -0.394 e. The summed E-state index contributed by atoms with van der Waals surface area (Å²) >= 11 is 0. The first-order chi connectivity index (χ1) is 9.97. The van der Waals surface area contributed by atoms with Crippen molar-refractivity contribution >= 4 is 23.5 Å². The molecule has 0 fully saturated rings. The van der Waals surface area contributed by atoms with Crippen LogP contribution < -0.4 is 10.6 Å². The Labute approximate surface area is 121 Å². The first-order valence-corrected chi connectivity index (χ1v) is 6.62. The zero-order valence-corrected chi connectivity index (χ0v) is 11.8. The van der Waals surface area contributed by atoms with E-state index in [4.69, 9.17) is 5.11 Å². The molecule has 0 saturated carbocycles. The highest BCUT2D eigenvalue weighted by Crippen LogP contribution is 2.24. The van der Waals surface area contributed by atoms with Crippen LogP contribution in [0, 0.1) is 0 Å². The summed E-state index contributed by atoms with van der Waals surface area (Å²) in [7, 11) is 1.41. The standard InChI is InChI=1S/C14H17N3O4/c1-3-8(7-18)15-14(21)16-9-4-5-10-11(6-9)13(20)17(2)12(10)19/h4-6,8,18H,3,7H2,1-2H3,(H2,15,16,21)/t8-/m0/s1. The van der Waals surface area contributed by atoms with Crippen molar-refractivity contribution in [1.29, 1.82) is 0 Å². The molecule has 4 amide bonds. The van der Waals surface area contributed by atoms with Crippen LogP contribution in [0.5, 0.6) is 0 Å². The predicted molar refractivity (Wildman–Crippen MR) is 76.2 cm³/mol. The molecule has 112 valence electrons. The molecule has 7 heteroatoms. The average molecular weight is 291 g/mol. The van der Waals surface area contributed by atoms with Crippen LogP contribution in [0.15, 0.2) is 18.2 Å². The van der Waals surface area contributed by atoms with Crippen molar-refractivity contribution in [3.63, 3.8) is 0 Å². The molecular weight excluding hydrogens is 274 g/mol. The smallest absolute Gasteiger partial charge is 0.319 e. The maximum atomic E-state index is 11.9. The quantitative estimate of drug-likeness (QED) is 0.715. The number of fused-ring (bicyclic) bond motifs is 1. The maximum absolute atomic E-state index is 11.9. The van der Waals surface area contributed by atoms with Gasteiger partial charge in [-0.3, -0.25) is 14.5 Å². The molecule has 0 aliphatic carbocycles. The molecular formula is C14H17N3O4. The SMILES string of the molecule is CC[C@@H](CO)NC(=O)Nc1ccc2c(c1)C(=O)N(C)C2=O. The van der Waals surface area contributed by atoms with Crippen molar-refractivity contribution in [2.75, 3.05) is 19.0 Å². The minimum atomic E-state index is -0.471. The Balaban J connectivity index is 2.12. The van der Waals surface area contributed by atoms with E-state index in [9.17, 15) is 14.4 Å². The number of amides is 4. The van der Waals surface area contributed by atoms with Gasteiger partial charge in [-0.1, -0.05) is 6.92 Å². The average Bonchev–Trinajstić information content (AvgIpc) is 2.69. The number of carbonyl (C=O) groups excluding carboxylic acids is 3. The third-order valence-electron chi connectivity index (χ3n) is 3.40. The number of urea groups is 1. The molecule has 3 N–H and O–H groups in total. The first kappa shape index (κ1) is 15.0. The summed E-state index contributed by atoms with van der Waals surface area (Å²) in [5, 5.41) is 14.2. The molecule has 1 aliphatic rings. The van der Waals surface area contributed by atoms with E-state index in [1.165, 1.54) is 19.2 Å². The van der Waals surface area contributed by atoms with E-state index in [0.29, 0.717) is 17.7 Å². The van der Waals surface area contributed by atoms with Gasteiger partial charge >= 0.3 is 6.03 Å². The van der Waals surface area contributed by atoms with E-state index in [0.717, 1.165) is 4.90 Å². The number of anilines is 1. The lowest BCUT2D eigenvalue weighted by Crippen LogP contribution is -2.39. The molecule has 1 atom stereocenters. The number of nitrogens with zero attached hydrogens (tertiary/aromatic N) is 1. The number of benzene rings is 1. The second-order valence-electron chi connectivity index (χ2n) is 4.82. The van der Waals surface area contributed by atoms with Gasteiger partial charge < -0.3 is 15.7 Å². The van der Waals surface area contributed by atoms with E-state index in [-0.39, 0.29) is 30.0 Å². The normalized spacial score (nSPS) is 14.9. The van der Waals surface area contributed by atoms with E-state index in [1.54, 1.807) is 6.07 Å². The van der Waals surface area contributed by atoms with Gasteiger partial charge in [0, 0.05) is 12.7 Å². The van der Waals surface area contributed by atoms with Crippen molar-refractivity contribution in [1.82, 2.24) is 10.2 Å². The van der Waals surface area contributed by atoms with E-state index >= 15 is 0 Å². The molecule has 1 aliphatic heterocycles. The lowest BCUT2D eigenvalue weighted by Gasteiger charge is -2.14. The summed E-state index contributed by atoms with van der Waals surface area (Å²) in [5.41, 5.74) is 1.01. The summed E-state index contributed by atoms with van der Waals surface area (Å²) in [6.07, 6.45) is 0.603. The van der Waals surface area contributed by atoms with E-state index in [1.807, 2.05) is 6.92 Å². The van der Waals surface area contributed by atoms with Gasteiger partial charge in [0.05, 0.1) is 23.8 Å². The lowest BCUT2D eigenvalue weighted by molar-refractivity contribution is 0.0693. The Morgan fingerprint density at radius 2 is 1.95 bits per heavy atom. The summed E-state index contributed by atoms with van der Waals surface area (Å²) in [5.74, 6) is -0.738. The Bertz CT molecular complexity index is 596. The fourth-order valence-corrected chi connectivity index (χ4v) is 2.07. The molecule has 21 heavy (non-hydrogen) atoms. The molecule has 1 aromatic rings. The van der Waals surface area contributed by atoms with Gasteiger partial charge in [-0.05, 0) is 24.6 Å². The van der Waals surface area contributed by atoms with Crippen molar-refractivity contribution in [3.8, 4) is 0 Å². The maximum Gasteiger partial charge on any atom is 0.319 e. The van der Waals surface area contributed by atoms with Crippen LogP contribution in [0.2, 0.25) is 0 Å². The highest BCUT2D eigenvalue weighted by molar-refractivity contribution is 6.21. The van der Waals surface area contributed by atoms with Gasteiger partial charge in [0.2, 0.25) is 0 Å². The zero-order chi connectivity index (χ0) is 15.6. The van der Waals surface area contributed by atoms with Gasteiger partial charge in [0.25, 0.3) is 11.8 Å². The topological polar surface area (TPSA) is 98.7 Å². The number of nitrogens with one attached hydrogen (secondary N) is 2. The fourth-order valence-electron chi connectivity index (χ4n) is 2.07. The molecule has 2 rings (SSSR count). The summed E-state index contributed by atoms with van der Waals surface area (Å²) in [4.78, 5) is 36.4. The minimum absolute atomic E-state index is 0.147. The number of aliphatic hydroxyl groups is 1. The van der Waals surface area contributed by atoms with Gasteiger partial charge in [0.1, 0.15) is 0 Å². The number of aliphatic hydroxyl groups excluding tert-OH is 1. The predicted octanol–water partition coefficient (Wildman–Crippen LogP) is 0.805. The second kappa shape index (κ2) is 5.92. The summed E-state index contributed by atoms with van der Waals surface area (Å²) < 4.78 is 0. The zero-order valence-electron chi connectivity index (χ0n) is 11.8. The third-order valence-corrected chi connectivity index (χ3v) is 3.40. The molecule has 1 aromatic carbocycles. The van der Waals surface area contributed by atoms with E-state index in [2.05, 4.69) is 10.6 Å². The first-order valence-electron chi connectivity index (χ1n) is 6.62. The Morgan fingerprint density at radius 1 is 1.29 bits per heavy atom. The highest BCUT2D eigenvalue weighted by atomic mass is 16.3. The van der Waals surface area contributed by atoms with Crippen molar-refractivity contribution in [3.05, 3.63) is 29.3 Å². The monoisotopic (exact) mass is 291 g/mol. The van der Waals surface area contributed by atoms with Gasteiger partial charge in [-0.2, -0.15) is 0 Å². The highest BCUT2D eigenvalue weighted by Gasteiger charge is 2.32. The van der Waals surface area contributed by atoms with Crippen LogP contribution in [0.3, 0.4) is 0 Å². The molecule has 7 nitrogen and oxygen atoms in total. The van der Waals surface area contributed by atoms with E-state index < -0.39 is 6.03 Å². The molecule has 0 saturated heterocycles. The molecule has 0 unspecified atom stereocenters. The molecule has 1 heterocycles. The number of carbonyl (C=O) groups is 3. The van der Waals surface area contributed by atoms with Crippen LogP contribution in [-0.2, 0) is 0 Å². The molecule has 0 spiro atoms. The van der Waals surface area contributed by atoms with Gasteiger partial charge in [0.15, 0.2) is 0 Å². The van der Waals surface area contributed by atoms with Crippen molar-refractivity contribution < 1.29 is 19.5 Å². The number of hydrogen-bond acceptors (Lipinski definition) is 4. The van der Waals surface area contributed by atoms with Crippen LogP contribution in [0.4, 0.5) is 10.5 Å². The number of hydrogen-bond donors (Lipinski definition) is 3. The summed E-state index contributed by atoms with van der Waals surface area (Å²) in [6, 6.07) is 3.74. The Morgan fingerprint density at radius 3 is 2.57 bits per heavy atom. The largest absolute Gasteiger partial charge is 0.394 e. The molecule has 0 radical (unpaired) electrons. The number of rotatable bonds is 4. The molecule has 0 aromatic heterocycles. The second-order valence-corrected chi connectivity index (χ2v) is 4.82.